The maximum absolute atomic E-state index is 11.5. The van der Waals surface area contributed by atoms with Gasteiger partial charge in [-0.15, -0.1) is 10.2 Å². The average Bonchev–Trinajstić information content (AvgIpc) is 3.00. The van der Waals surface area contributed by atoms with Crippen molar-refractivity contribution in [3.63, 3.8) is 0 Å². The summed E-state index contributed by atoms with van der Waals surface area (Å²) in [6, 6.07) is 8.41. The van der Waals surface area contributed by atoms with E-state index in [0.717, 1.165) is 17.4 Å². The van der Waals surface area contributed by atoms with Crippen LogP contribution in [0, 0.1) is 0 Å². The molecule has 3 aromatic rings. The van der Waals surface area contributed by atoms with E-state index < -0.39 is 9.84 Å². The van der Waals surface area contributed by atoms with Gasteiger partial charge in [-0.05, 0) is 35.0 Å². The zero-order valence-electron chi connectivity index (χ0n) is 11.6. The van der Waals surface area contributed by atoms with Crippen LogP contribution in [0.4, 0.5) is 5.69 Å². The minimum absolute atomic E-state index is 0.0211. The van der Waals surface area contributed by atoms with Crippen LogP contribution in [0.5, 0.6) is 0 Å². The van der Waals surface area contributed by atoms with Crippen LogP contribution < -0.4 is 5.73 Å². The second-order valence-corrected chi connectivity index (χ2v) is 6.66. The van der Waals surface area contributed by atoms with Crippen molar-refractivity contribution in [2.45, 2.75) is 5.03 Å². The number of hydrogen-bond donors (Lipinski definition) is 2. The number of nitrogen functional groups attached to an aromatic ring is 1. The van der Waals surface area contributed by atoms with E-state index in [2.05, 4.69) is 25.6 Å². The summed E-state index contributed by atoms with van der Waals surface area (Å²) in [6.45, 7) is 0. The molecule has 2 aromatic heterocycles. The molecule has 0 aliphatic rings. The molecule has 0 aliphatic carbocycles. The fourth-order valence-electron chi connectivity index (χ4n) is 2.03. The summed E-state index contributed by atoms with van der Waals surface area (Å²) in [5.41, 5.74) is 8.56. The Morgan fingerprint density at radius 3 is 2.55 bits per heavy atom. The predicted octanol–water partition coefficient (Wildman–Crippen LogP) is 0.914. The summed E-state index contributed by atoms with van der Waals surface area (Å²) in [4.78, 5) is 3.99. The topological polar surface area (TPSA) is 128 Å². The number of nitrogens with zero attached hydrogens (tertiary/aromatic N) is 4. The molecule has 0 saturated carbocycles. The summed E-state index contributed by atoms with van der Waals surface area (Å²) in [5, 5.41) is 13.9. The van der Waals surface area contributed by atoms with E-state index in [1.165, 1.54) is 12.3 Å². The summed E-state index contributed by atoms with van der Waals surface area (Å²) < 4.78 is 22.9. The second-order valence-electron chi connectivity index (χ2n) is 4.70. The summed E-state index contributed by atoms with van der Waals surface area (Å²) in [7, 11) is -3.33. The summed E-state index contributed by atoms with van der Waals surface area (Å²) in [5.74, 6) is 0.398. The number of tetrazole rings is 1. The SMILES string of the molecule is CS(=O)(=O)c1ccc(-c2ccc(N)cc2-c2nn[nH]n2)cn1. The lowest BCUT2D eigenvalue weighted by atomic mass is 10.00. The van der Waals surface area contributed by atoms with Gasteiger partial charge in [-0.3, -0.25) is 0 Å². The van der Waals surface area contributed by atoms with E-state index in [9.17, 15) is 8.42 Å². The molecule has 0 saturated heterocycles. The highest BCUT2D eigenvalue weighted by atomic mass is 32.2. The molecule has 0 spiro atoms. The lowest BCUT2D eigenvalue weighted by molar-refractivity contribution is 0.598. The fourth-order valence-corrected chi connectivity index (χ4v) is 2.59. The molecular weight excluding hydrogens is 304 g/mol. The Hall–Kier alpha value is -2.81. The van der Waals surface area contributed by atoms with Crippen molar-refractivity contribution in [1.29, 1.82) is 0 Å². The number of anilines is 1. The summed E-state index contributed by atoms with van der Waals surface area (Å²) in [6.07, 6.45) is 2.61. The van der Waals surface area contributed by atoms with Gasteiger partial charge in [0.2, 0.25) is 5.82 Å². The van der Waals surface area contributed by atoms with Gasteiger partial charge in [0.25, 0.3) is 0 Å². The number of rotatable bonds is 3. The first-order chi connectivity index (χ1) is 10.4. The molecule has 0 fully saturated rings. The Bertz CT molecular complexity index is 904. The maximum atomic E-state index is 11.5. The van der Waals surface area contributed by atoms with E-state index in [-0.39, 0.29) is 5.03 Å². The lowest BCUT2D eigenvalue weighted by Crippen LogP contribution is -2.00. The number of H-pyrrole nitrogens is 1. The third-order valence-corrected chi connectivity index (χ3v) is 4.06. The number of aromatic nitrogens is 5. The highest BCUT2D eigenvalue weighted by Crippen LogP contribution is 2.31. The van der Waals surface area contributed by atoms with Gasteiger partial charge in [-0.25, -0.2) is 13.4 Å². The molecule has 2 heterocycles. The zero-order valence-corrected chi connectivity index (χ0v) is 12.4. The van der Waals surface area contributed by atoms with Crippen molar-refractivity contribution in [2.75, 3.05) is 12.0 Å². The largest absolute Gasteiger partial charge is 0.399 e. The summed E-state index contributed by atoms with van der Waals surface area (Å²) >= 11 is 0. The van der Waals surface area contributed by atoms with Gasteiger partial charge in [0.05, 0.1) is 0 Å². The van der Waals surface area contributed by atoms with Crippen LogP contribution in [0.1, 0.15) is 0 Å². The standard InChI is InChI=1S/C13H12N6O2S/c1-22(20,21)12-5-2-8(7-15-12)10-4-3-9(14)6-11(10)13-16-18-19-17-13/h2-7H,14H2,1H3,(H,16,17,18,19). The molecule has 0 radical (unpaired) electrons. The zero-order chi connectivity index (χ0) is 15.7. The minimum Gasteiger partial charge on any atom is -0.399 e. The van der Waals surface area contributed by atoms with Crippen molar-refractivity contribution in [1.82, 2.24) is 25.6 Å². The van der Waals surface area contributed by atoms with Crippen LogP contribution in [0.3, 0.4) is 0 Å². The second kappa shape index (κ2) is 5.19. The van der Waals surface area contributed by atoms with Crippen LogP contribution in [0.25, 0.3) is 22.5 Å². The molecule has 22 heavy (non-hydrogen) atoms. The van der Waals surface area contributed by atoms with Crippen LogP contribution in [-0.2, 0) is 9.84 Å². The van der Waals surface area contributed by atoms with E-state index in [0.29, 0.717) is 17.1 Å². The third-order valence-electron chi connectivity index (χ3n) is 3.06. The Labute approximate surface area is 126 Å². The molecule has 0 aliphatic heterocycles. The predicted molar refractivity (Wildman–Crippen MR) is 80.4 cm³/mol. The molecule has 0 amide bonds. The normalized spacial score (nSPS) is 11.5. The Morgan fingerprint density at radius 2 is 1.95 bits per heavy atom. The Balaban J connectivity index is 2.13. The third kappa shape index (κ3) is 2.66. The molecule has 3 N–H and O–H groups in total. The van der Waals surface area contributed by atoms with Crippen LogP contribution >= 0.6 is 0 Å². The molecule has 0 atom stereocenters. The van der Waals surface area contributed by atoms with Crippen molar-refractivity contribution >= 4 is 15.5 Å². The number of hydrogen-bond acceptors (Lipinski definition) is 7. The highest BCUT2D eigenvalue weighted by Gasteiger charge is 2.14. The molecule has 112 valence electrons. The highest BCUT2D eigenvalue weighted by molar-refractivity contribution is 7.90. The Kier molecular flexibility index (Phi) is 3.33. The maximum Gasteiger partial charge on any atom is 0.205 e. The Morgan fingerprint density at radius 1 is 1.14 bits per heavy atom. The van der Waals surface area contributed by atoms with Crippen molar-refractivity contribution < 1.29 is 8.42 Å². The van der Waals surface area contributed by atoms with E-state index >= 15 is 0 Å². The van der Waals surface area contributed by atoms with Gasteiger partial charge >= 0.3 is 0 Å². The molecule has 8 nitrogen and oxygen atoms in total. The molecule has 1 aromatic carbocycles. The van der Waals surface area contributed by atoms with Gasteiger partial charge in [0.15, 0.2) is 14.9 Å². The monoisotopic (exact) mass is 316 g/mol. The van der Waals surface area contributed by atoms with Gasteiger partial charge in [-0.1, -0.05) is 6.07 Å². The fraction of sp³-hybridized carbons (Fsp3) is 0.0769. The number of nitrogens with one attached hydrogen (secondary N) is 1. The molecule has 3 rings (SSSR count). The average molecular weight is 316 g/mol. The molecule has 9 heteroatoms. The van der Waals surface area contributed by atoms with Crippen molar-refractivity contribution in [2.24, 2.45) is 0 Å². The minimum atomic E-state index is -3.33. The van der Waals surface area contributed by atoms with Crippen LogP contribution in [0.2, 0.25) is 0 Å². The molecule has 0 unspecified atom stereocenters. The van der Waals surface area contributed by atoms with E-state index in [4.69, 9.17) is 5.73 Å². The number of sulfone groups is 1. The number of pyridine rings is 1. The molecular formula is C13H12N6O2S. The van der Waals surface area contributed by atoms with Gasteiger partial charge in [-0.2, -0.15) is 5.21 Å². The lowest BCUT2D eigenvalue weighted by Gasteiger charge is -2.08. The van der Waals surface area contributed by atoms with E-state index in [1.54, 1.807) is 24.3 Å². The van der Waals surface area contributed by atoms with E-state index in [1.807, 2.05) is 0 Å². The first kappa shape index (κ1) is 14.1. The quantitative estimate of drug-likeness (QED) is 0.687. The van der Waals surface area contributed by atoms with Gasteiger partial charge in [0.1, 0.15) is 0 Å². The van der Waals surface area contributed by atoms with Gasteiger partial charge in [0, 0.05) is 29.3 Å². The van der Waals surface area contributed by atoms with Crippen molar-refractivity contribution in [3.05, 3.63) is 36.5 Å². The molecule has 0 bridgehead atoms. The first-order valence-electron chi connectivity index (χ1n) is 6.25. The number of aromatic amines is 1. The van der Waals surface area contributed by atoms with Gasteiger partial charge < -0.3 is 5.73 Å². The van der Waals surface area contributed by atoms with Crippen LogP contribution in [-0.4, -0.2) is 40.3 Å². The first-order valence-corrected chi connectivity index (χ1v) is 8.14. The van der Waals surface area contributed by atoms with Crippen LogP contribution in [0.15, 0.2) is 41.6 Å². The smallest absolute Gasteiger partial charge is 0.205 e. The number of benzene rings is 1. The van der Waals surface area contributed by atoms with Crippen molar-refractivity contribution in [3.8, 4) is 22.5 Å². The number of nitrogens with two attached hydrogens (primary N) is 1.